The number of pyridine rings is 1. The number of aromatic nitrogens is 1. The lowest BCUT2D eigenvalue weighted by Gasteiger charge is -2.18. The molecule has 0 saturated carbocycles. The summed E-state index contributed by atoms with van der Waals surface area (Å²) in [6, 6.07) is 7.61. The maximum absolute atomic E-state index is 13.3. The molecule has 0 fully saturated rings. The van der Waals surface area contributed by atoms with Crippen LogP contribution >= 0.6 is 0 Å². The van der Waals surface area contributed by atoms with Crippen molar-refractivity contribution < 1.29 is 23.3 Å². The van der Waals surface area contributed by atoms with Crippen LogP contribution < -0.4 is 4.65 Å². The maximum atomic E-state index is 13.3. The number of carbonyl (C=O) groups is 2. The Hall–Kier alpha value is -2.77. The van der Waals surface area contributed by atoms with Crippen LogP contribution in [0.15, 0.2) is 36.5 Å². The molecule has 1 amide bonds. The van der Waals surface area contributed by atoms with E-state index in [-0.39, 0.29) is 23.8 Å². The third-order valence-electron chi connectivity index (χ3n) is 3.37. The Morgan fingerprint density at radius 2 is 1.96 bits per heavy atom. The van der Waals surface area contributed by atoms with Crippen molar-refractivity contribution in [2.75, 3.05) is 6.54 Å². The second-order valence-electron chi connectivity index (χ2n) is 5.02. The number of amides is 1. The molecule has 0 radical (unpaired) electrons. The van der Waals surface area contributed by atoms with Gasteiger partial charge in [-0.25, -0.2) is 9.37 Å². The number of hydrogen-bond acceptors (Lipinski definition) is 5. The minimum atomic E-state index is -0.541. The fourth-order valence-corrected chi connectivity index (χ4v) is 2.10. The van der Waals surface area contributed by atoms with Gasteiger partial charge in [0.25, 0.3) is 5.91 Å². The van der Waals surface area contributed by atoms with Crippen molar-refractivity contribution in [1.29, 1.82) is 0 Å². The predicted molar refractivity (Wildman–Crippen MR) is 93.0 cm³/mol. The van der Waals surface area contributed by atoms with Gasteiger partial charge in [0.2, 0.25) is 7.98 Å². The Balaban J connectivity index is 2.32. The van der Waals surface area contributed by atoms with E-state index in [9.17, 15) is 14.0 Å². The molecule has 2 aromatic rings. The number of carbonyl (C=O) groups excluding carboxylic acids is 2. The average Bonchev–Trinajstić information content (AvgIpc) is 2.60. The van der Waals surface area contributed by atoms with Crippen LogP contribution in [0.1, 0.15) is 10.5 Å². The monoisotopic (exact) mass is 326 g/mol. The molecule has 24 heavy (non-hydrogen) atoms. The average molecular weight is 326 g/mol. The summed E-state index contributed by atoms with van der Waals surface area (Å²) in [6.45, 7) is -0.203. The summed E-state index contributed by atoms with van der Waals surface area (Å²) in [7, 11) is 4.11. The summed E-state index contributed by atoms with van der Waals surface area (Å²) in [4.78, 5) is 29.0. The first-order chi connectivity index (χ1) is 11.5. The van der Waals surface area contributed by atoms with E-state index < -0.39 is 11.9 Å². The van der Waals surface area contributed by atoms with Crippen molar-refractivity contribution in [3.05, 3.63) is 48.0 Å². The lowest BCUT2D eigenvalue weighted by Crippen LogP contribution is -2.34. The highest BCUT2D eigenvalue weighted by atomic mass is 19.1. The third kappa shape index (κ3) is 3.95. The molecule has 0 aliphatic rings. The zero-order chi connectivity index (χ0) is 17.7. The molecular weight excluding hydrogens is 312 g/mol. The van der Waals surface area contributed by atoms with E-state index in [1.807, 2.05) is 0 Å². The molecule has 0 saturated heterocycles. The van der Waals surface area contributed by atoms with E-state index in [1.54, 1.807) is 18.2 Å². The van der Waals surface area contributed by atoms with Crippen molar-refractivity contribution in [3.8, 4) is 16.9 Å². The van der Waals surface area contributed by atoms with Crippen LogP contribution in [0.25, 0.3) is 11.1 Å². The van der Waals surface area contributed by atoms with Gasteiger partial charge in [0.15, 0.2) is 5.69 Å². The van der Waals surface area contributed by atoms with Crippen molar-refractivity contribution >= 4 is 36.0 Å². The van der Waals surface area contributed by atoms with Crippen molar-refractivity contribution in [3.63, 3.8) is 0 Å². The molecule has 0 aliphatic heterocycles. The summed E-state index contributed by atoms with van der Waals surface area (Å²) in [5, 5.41) is 0. The van der Waals surface area contributed by atoms with Gasteiger partial charge in [-0.2, -0.15) is 0 Å². The number of benzene rings is 1. The SMILES string of the molecule is BOC(=O)CN(B)C(=O)c1ncc(-c2cccc(F)c2)cc1OB. The van der Waals surface area contributed by atoms with E-state index in [2.05, 4.69) is 9.64 Å². The Bertz CT molecular complexity index is 775. The summed E-state index contributed by atoms with van der Waals surface area (Å²) in [5.41, 5.74) is 1.28. The van der Waals surface area contributed by atoms with Gasteiger partial charge >= 0.3 is 22.1 Å². The molecule has 1 aromatic heterocycles. The zero-order valence-corrected chi connectivity index (χ0v) is 13.6. The van der Waals surface area contributed by atoms with E-state index >= 15 is 0 Å². The minimum absolute atomic E-state index is 0.0593. The van der Waals surface area contributed by atoms with Gasteiger partial charge in [0, 0.05) is 11.8 Å². The standard InChI is InChI=1S/C14H14B3FN2O4/c15-20(7-12(21)24-17)14(22)13-11(23-16)5-9(6-19-13)8-2-1-3-10(18)4-8/h1-6H,7,15-17H2. The van der Waals surface area contributed by atoms with Crippen LogP contribution in [0.2, 0.25) is 0 Å². The Kier molecular flexibility index (Phi) is 5.62. The van der Waals surface area contributed by atoms with E-state index in [4.69, 9.17) is 4.65 Å². The lowest BCUT2D eigenvalue weighted by molar-refractivity contribution is -0.133. The summed E-state index contributed by atoms with van der Waals surface area (Å²) in [5.74, 6) is -1.16. The Labute approximate surface area is 141 Å². The van der Waals surface area contributed by atoms with Crippen LogP contribution in [-0.2, 0) is 9.45 Å². The van der Waals surface area contributed by atoms with Gasteiger partial charge in [-0.05, 0) is 23.8 Å². The van der Waals surface area contributed by atoms with E-state index in [0.29, 0.717) is 11.1 Å². The zero-order valence-electron chi connectivity index (χ0n) is 13.6. The minimum Gasteiger partial charge on any atom is -0.566 e. The topological polar surface area (TPSA) is 68.7 Å². The molecule has 0 unspecified atom stereocenters. The number of hydrogen-bond donors (Lipinski definition) is 0. The largest absolute Gasteiger partial charge is 0.566 e. The van der Waals surface area contributed by atoms with Crippen LogP contribution in [-0.4, -0.2) is 52.3 Å². The molecule has 0 atom stereocenters. The molecule has 2 rings (SSSR count). The van der Waals surface area contributed by atoms with Gasteiger partial charge < -0.3 is 14.1 Å². The van der Waals surface area contributed by atoms with Gasteiger partial charge in [-0.15, -0.1) is 0 Å². The molecule has 6 nitrogen and oxygen atoms in total. The molecule has 0 spiro atoms. The normalized spacial score (nSPS) is 10.0. The van der Waals surface area contributed by atoms with Gasteiger partial charge in [-0.1, -0.05) is 12.1 Å². The summed E-state index contributed by atoms with van der Waals surface area (Å²) in [6.07, 6.45) is 1.45. The molecule has 0 bridgehead atoms. The first kappa shape index (κ1) is 17.6. The van der Waals surface area contributed by atoms with Crippen LogP contribution in [0.4, 0.5) is 4.39 Å². The third-order valence-corrected chi connectivity index (χ3v) is 3.37. The first-order valence-corrected chi connectivity index (χ1v) is 7.08. The molecule has 1 aromatic carbocycles. The molecular formula is C14H14B3FN2O4. The molecule has 10 heteroatoms. The fourth-order valence-electron chi connectivity index (χ4n) is 2.10. The number of rotatable bonds is 5. The highest BCUT2D eigenvalue weighted by Gasteiger charge is 2.20. The summed E-state index contributed by atoms with van der Waals surface area (Å²) >= 11 is 0. The Morgan fingerprint density at radius 3 is 2.58 bits per heavy atom. The second-order valence-corrected chi connectivity index (χ2v) is 5.02. The lowest BCUT2D eigenvalue weighted by atomic mass is 10.1. The van der Waals surface area contributed by atoms with Crippen molar-refractivity contribution in [2.24, 2.45) is 0 Å². The van der Waals surface area contributed by atoms with Crippen molar-refractivity contribution in [2.45, 2.75) is 0 Å². The fraction of sp³-hybridized carbons (Fsp3) is 0.0714. The quantitative estimate of drug-likeness (QED) is 0.653. The second kappa shape index (κ2) is 7.67. The van der Waals surface area contributed by atoms with Gasteiger partial charge in [0.1, 0.15) is 18.1 Å². The molecule has 0 aliphatic carbocycles. The van der Waals surface area contributed by atoms with Crippen LogP contribution in [0, 0.1) is 5.82 Å². The van der Waals surface area contributed by atoms with Crippen LogP contribution in [0.5, 0.6) is 5.75 Å². The summed E-state index contributed by atoms with van der Waals surface area (Å²) < 4.78 is 23.1. The number of nitrogens with zero attached hydrogens (tertiary/aromatic N) is 2. The predicted octanol–water partition coefficient (Wildman–Crippen LogP) is -1.10. The van der Waals surface area contributed by atoms with Crippen molar-refractivity contribution in [1.82, 2.24) is 9.79 Å². The Morgan fingerprint density at radius 1 is 1.21 bits per heavy atom. The maximum Gasteiger partial charge on any atom is 0.326 e. The molecule has 120 valence electrons. The van der Waals surface area contributed by atoms with Gasteiger partial charge in [0.05, 0.1) is 0 Å². The smallest absolute Gasteiger partial charge is 0.326 e. The first-order valence-electron chi connectivity index (χ1n) is 7.08. The van der Waals surface area contributed by atoms with E-state index in [0.717, 1.165) is 0 Å². The van der Waals surface area contributed by atoms with E-state index in [1.165, 1.54) is 47.2 Å². The highest BCUT2D eigenvalue weighted by Crippen LogP contribution is 2.26. The number of halogens is 1. The molecule has 0 N–H and O–H groups in total. The highest BCUT2D eigenvalue weighted by molar-refractivity contribution is 6.20. The molecule has 1 heterocycles. The van der Waals surface area contributed by atoms with Crippen LogP contribution in [0.3, 0.4) is 0 Å². The van der Waals surface area contributed by atoms with Gasteiger partial charge in [-0.3, -0.25) is 9.59 Å².